The molecule has 1 amide bonds. The molecule has 2 N–H and O–H groups in total. The van der Waals surface area contributed by atoms with Crippen molar-refractivity contribution in [1.82, 2.24) is 9.97 Å². The van der Waals surface area contributed by atoms with Gasteiger partial charge in [0.15, 0.2) is 0 Å². The van der Waals surface area contributed by atoms with Crippen LogP contribution in [0.15, 0.2) is 73.1 Å². The Labute approximate surface area is 173 Å². The van der Waals surface area contributed by atoms with Crippen LogP contribution in [0.2, 0.25) is 0 Å². The zero-order chi connectivity index (χ0) is 20.9. The number of rotatable bonds is 5. The number of hydrogen-bond acceptors (Lipinski definition) is 6. The Morgan fingerprint density at radius 2 is 1.80 bits per heavy atom. The van der Waals surface area contributed by atoms with Crippen molar-refractivity contribution in [3.8, 4) is 11.5 Å². The summed E-state index contributed by atoms with van der Waals surface area (Å²) in [5.74, 6) is 1.53. The van der Waals surface area contributed by atoms with Crippen LogP contribution in [-0.4, -0.2) is 23.2 Å². The molecule has 1 aromatic heterocycles. The highest BCUT2D eigenvalue weighted by Gasteiger charge is 2.14. The van der Waals surface area contributed by atoms with E-state index >= 15 is 0 Å². The fraction of sp³-hybridized carbons (Fsp3) is 0.0870. The Morgan fingerprint density at radius 1 is 0.967 bits per heavy atom. The summed E-state index contributed by atoms with van der Waals surface area (Å²) in [5.41, 5.74) is 3.17. The number of nitrogens with one attached hydrogen (secondary N) is 2. The van der Waals surface area contributed by atoms with Gasteiger partial charge in [-0.2, -0.15) is 0 Å². The van der Waals surface area contributed by atoms with Crippen LogP contribution >= 0.6 is 0 Å². The van der Waals surface area contributed by atoms with E-state index in [0.29, 0.717) is 28.5 Å². The molecule has 0 saturated heterocycles. The number of carbonyl (C=O) groups is 1. The molecule has 3 aromatic carbocycles. The van der Waals surface area contributed by atoms with Gasteiger partial charge in [0.2, 0.25) is 0 Å². The smallest absolute Gasteiger partial charge is 0.417 e. The summed E-state index contributed by atoms with van der Waals surface area (Å²) in [6.45, 7) is 2.02. The van der Waals surface area contributed by atoms with E-state index in [2.05, 4.69) is 20.6 Å². The molecule has 0 aliphatic carbocycles. The molecule has 0 aliphatic rings. The summed E-state index contributed by atoms with van der Waals surface area (Å²) in [4.78, 5) is 21.1. The summed E-state index contributed by atoms with van der Waals surface area (Å²) in [5, 5.41) is 6.77. The number of aromatic nitrogens is 2. The number of benzene rings is 3. The summed E-state index contributed by atoms with van der Waals surface area (Å²) in [6.07, 6.45) is 0.861. The molecule has 4 aromatic rings. The Balaban J connectivity index is 1.66. The van der Waals surface area contributed by atoms with Gasteiger partial charge >= 0.3 is 6.09 Å². The van der Waals surface area contributed by atoms with E-state index < -0.39 is 6.09 Å². The second kappa shape index (κ2) is 8.48. The van der Waals surface area contributed by atoms with E-state index in [0.717, 1.165) is 16.6 Å². The van der Waals surface area contributed by atoms with Gasteiger partial charge in [0.05, 0.1) is 18.3 Å². The van der Waals surface area contributed by atoms with Gasteiger partial charge in [-0.1, -0.05) is 30.3 Å². The Kier molecular flexibility index (Phi) is 5.43. The molecule has 0 aliphatic heterocycles. The number of nitrogens with zero attached hydrogens (tertiary/aromatic N) is 2. The van der Waals surface area contributed by atoms with Crippen LogP contribution in [0.5, 0.6) is 11.5 Å². The Bertz CT molecular complexity index is 1200. The fourth-order valence-corrected chi connectivity index (χ4v) is 3.04. The van der Waals surface area contributed by atoms with Gasteiger partial charge in [-0.05, 0) is 42.8 Å². The average molecular weight is 400 g/mol. The van der Waals surface area contributed by atoms with E-state index in [9.17, 15) is 4.79 Å². The van der Waals surface area contributed by atoms with Gasteiger partial charge in [0.25, 0.3) is 0 Å². The third kappa shape index (κ3) is 4.30. The second-order valence-corrected chi connectivity index (χ2v) is 6.61. The lowest BCUT2D eigenvalue weighted by Crippen LogP contribution is -2.17. The van der Waals surface area contributed by atoms with Gasteiger partial charge in [-0.3, -0.25) is 5.32 Å². The van der Waals surface area contributed by atoms with E-state index in [4.69, 9.17) is 9.47 Å². The van der Waals surface area contributed by atoms with E-state index in [-0.39, 0.29) is 0 Å². The van der Waals surface area contributed by atoms with E-state index in [1.807, 2.05) is 37.3 Å². The first-order valence-electron chi connectivity index (χ1n) is 9.33. The van der Waals surface area contributed by atoms with Gasteiger partial charge in [-0.25, -0.2) is 14.8 Å². The topological polar surface area (TPSA) is 85.4 Å². The SMILES string of the molecule is COc1cc2ncnc(Nc3cccc(C)c3)c2cc1NC(=O)Oc1ccccc1. The van der Waals surface area contributed by atoms with Crippen molar-refractivity contribution in [2.24, 2.45) is 0 Å². The minimum Gasteiger partial charge on any atom is -0.494 e. The summed E-state index contributed by atoms with van der Waals surface area (Å²) in [6, 6.07) is 20.3. The first-order valence-corrected chi connectivity index (χ1v) is 9.33. The molecule has 0 unspecified atom stereocenters. The third-order valence-electron chi connectivity index (χ3n) is 4.43. The molecular formula is C23H20N4O3. The van der Waals surface area contributed by atoms with Gasteiger partial charge in [0, 0.05) is 17.1 Å². The number of amides is 1. The molecule has 0 radical (unpaired) electrons. The Morgan fingerprint density at radius 3 is 2.57 bits per heavy atom. The maximum atomic E-state index is 12.4. The molecule has 0 saturated carbocycles. The van der Waals surface area contributed by atoms with Crippen molar-refractivity contribution >= 4 is 34.2 Å². The van der Waals surface area contributed by atoms with Crippen LogP contribution < -0.4 is 20.1 Å². The molecule has 0 bridgehead atoms. The number of para-hydroxylation sites is 1. The summed E-state index contributed by atoms with van der Waals surface area (Å²) in [7, 11) is 1.53. The predicted molar refractivity (Wildman–Crippen MR) is 117 cm³/mol. The molecule has 0 atom stereocenters. The largest absolute Gasteiger partial charge is 0.494 e. The van der Waals surface area contributed by atoms with Gasteiger partial charge < -0.3 is 14.8 Å². The zero-order valence-corrected chi connectivity index (χ0v) is 16.5. The van der Waals surface area contributed by atoms with Crippen LogP contribution in [0.4, 0.5) is 22.0 Å². The van der Waals surface area contributed by atoms with Gasteiger partial charge in [-0.15, -0.1) is 0 Å². The van der Waals surface area contributed by atoms with Crippen molar-refractivity contribution < 1.29 is 14.3 Å². The predicted octanol–water partition coefficient (Wildman–Crippen LogP) is 5.30. The first kappa shape index (κ1) is 19.2. The molecule has 4 rings (SSSR count). The van der Waals surface area contributed by atoms with Crippen LogP contribution in [0.1, 0.15) is 5.56 Å². The summed E-state index contributed by atoms with van der Waals surface area (Å²) < 4.78 is 10.7. The fourth-order valence-electron chi connectivity index (χ4n) is 3.04. The quantitative estimate of drug-likeness (QED) is 0.473. The van der Waals surface area contributed by atoms with Crippen LogP contribution in [-0.2, 0) is 0 Å². The lowest BCUT2D eigenvalue weighted by Gasteiger charge is -2.14. The zero-order valence-electron chi connectivity index (χ0n) is 16.5. The molecule has 7 nitrogen and oxygen atoms in total. The van der Waals surface area contributed by atoms with Crippen molar-refractivity contribution in [2.45, 2.75) is 6.92 Å². The number of carbonyl (C=O) groups excluding carboxylic acids is 1. The maximum absolute atomic E-state index is 12.4. The number of anilines is 3. The van der Waals surface area contributed by atoms with Crippen molar-refractivity contribution in [2.75, 3.05) is 17.7 Å². The summed E-state index contributed by atoms with van der Waals surface area (Å²) >= 11 is 0. The minimum atomic E-state index is -0.621. The molecule has 0 spiro atoms. The molecule has 7 heteroatoms. The molecule has 150 valence electrons. The first-order chi connectivity index (χ1) is 14.6. The third-order valence-corrected chi connectivity index (χ3v) is 4.43. The highest BCUT2D eigenvalue weighted by atomic mass is 16.6. The molecule has 0 fully saturated rings. The molecule has 30 heavy (non-hydrogen) atoms. The number of ether oxygens (including phenoxy) is 2. The van der Waals surface area contributed by atoms with Crippen molar-refractivity contribution in [3.63, 3.8) is 0 Å². The number of hydrogen-bond donors (Lipinski definition) is 2. The minimum absolute atomic E-state index is 0.444. The Hall–Kier alpha value is -4.13. The highest BCUT2D eigenvalue weighted by molar-refractivity contribution is 5.98. The number of fused-ring (bicyclic) bond motifs is 1. The molecule has 1 heterocycles. The monoisotopic (exact) mass is 400 g/mol. The van der Waals surface area contributed by atoms with Crippen molar-refractivity contribution in [3.05, 3.63) is 78.6 Å². The van der Waals surface area contributed by atoms with Crippen LogP contribution in [0.25, 0.3) is 10.9 Å². The van der Waals surface area contributed by atoms with Crippen LogP contribution in [0.3, 0.4) is 0 Å². The van der Waals surface area contributed by atoms with E-state index in [1.165, 1.54) is 13.4 Å². The van der Waals surface area contributed by atoms with Crippen molar-refractivity contribution in [1.29, 1.82) is 0 Å². The maximum Gasteiger partial charge on any atom is 0.417 e. The normalized spacial score (nSPS) is 10.5. The van der Waals surface area contributed by atoms with Crippen LogP contribution in [0, 0.1) is 6.92 Å². The number of aryl methyl sites for hydroxylation is 1. The lowest BCUT2D eigenvalue weighted by atomic mass is 10.1. The lowest BCUT2D eigenvalue weighted by molar-refractivity contribution is 0.215. The molecular weight excluding hydrogens is 380 g/mol. The number of methoxy groups -OCH3 is 1. The van der Waals surface area contributed by atoms with Gasteiger partial charge in [0.1, 0.15) is 23.6 Å². The highest BCUT2D eigenvalue weighted by Crippen LogP contribution is 2.33. The standard InChI is InChI=1S/C23H20N4O3/c1-15-7-6-8-16(11-15)26-22-18-12-20(21(29-2)13-19(18)24-14-25-22)27-23(28)30-17-9-4-3-5-10-17/h3-14H,1-2H3,(H,27,28)(H,24,25,26). The van der Waals surface area contributed by atoms with E-state index in [1.54, 1.807) is 36.4 Å². The second-order valence-electron chi connectivity index (χ2n) is 6.61. The average Bonchev–Trinajstić information content (AvgIpc) is 2.74.